The lowest BCUT2D eigenvalue weighted by Crippen LogP contribution is -2.33. The van der Waals surface area contributed by atoms with E-state index in [-0.39, 0.29) is 0 Å². The summed E-state index contributed by atoms with van der Waals surface area (Å²) in [6.45, 7) is 3.48. The first-order valence-corrected chi connectivity index (χ1v) is 5.39. The molecule has 0 bridgehead atoms. The Labute approximate surface area is 88.5 Å². The van der Waals surface area contributed by atoms with Gasteiger partial charge in [0.15, 0.2) is 5.82 Å². The fourth-order valence-electron chi connectivity index (χ4n) is 1.65. The molecule has 0 amide bonds. The topological polar surface area (TPSA) is 59.2 Å². The number of rotatable bonds is 3. The Hall–Kier alpha value is -1.39. The van der Waals surface area contributed by atoms with Gasteiger partial charge in [0.25, 0.3) is 0 Å². The summed E-state index contributed by atoms with van der Waals surface area (Å²) in [5.41, 5.74) is 0. The van der Waals surface area contributed by atoms with Crippen LogP contribution >= 0.6 is 0 Å². The number of nitrogens with zero attached hydrogens (tertiary/aromatic N) is 3. The van der Waals surface area contributed by atoms with Crippen molar-refractivity contribution in [2.24, 2.45) is 0 Å². The van der Waals surface area contributed by atoms with Crippen molar-refractivity contribution in [3.05, 3.63) is 5.82 Å². The fraction of sp³-hybridized carbons (Fsp3) is 0.700. The monoisotopic (exact) mass is 209 g/mol. The van der Waals surface area contributed by atoms with Gasteiger partial charge in [-0.15, -0.1) is 0 Å². The van der Waals surface area contributed by atoms with Gasteiger partial charge in [-0.1, -0.05) is 12.1 Å². The van der Waals surface area contributed by atoms with Gasteiger partial charge >= 0.3 is 6.01 Å². The number of carbonyl (C=O) groups excluding carboxylic acids is 1. The van der Waals surface area contributed by atoms with Gasteiger partial charge in [-0.05, 0) is 6.42 Å². The molecular weight excluding hydrogens is 194 g/mol. The Bertz CT molecular complexity index is 338. The van der Waals surface area contributed by atoms with Crippen molar-refractivity contribution >= 4 is 11.8 Å². The quantitative estimate of drug-likeness (QED) is 0.748. The number of hydrogen-bond donors (Lipinski definition) is 0. The molecule has 0 unspecified atom stereocenters. The molecule has 15 heavy (non-hydrogen) atoms. The van der Waals surface area contributed by atoms with Crippen LogP contribution in [0.3, 0.4) is 0 Å². The van der Waals surface area contributed by atoms with E-state index in [2.05, 4.69) is 17.1 Å². The molecule has 1 saturated heterocycles. The Morgan fingerprint density at radius 3 is 2.80 bits per heavy atom. The lowest BCUT2D eigenvalue weighted by Gasteiger charge is -2.23. The van der Waals surface area contributed by atoms with Gasteiger partial charge < -0.3 is 9.42 Å². The molecule has 2 rings (SSSR count). The summed E-state index contributed by atoms with van der Waals surface area (Å²) in [5.74, 6) is 1.07. The average molecular weight is 209 g/mol. The predicted molar refractivity (Wildman–Crippen MR) is 54.7 cm³/mol. The molecule has 1 aliphatic heterocycles. The van der Waals surface area contributed by atoms with E-state index in [1.807, 2.05) is 4.90 Å². The highest BCUT2D eigenvalue weighted by atomic mass is 16.5. The van der Waals surface area contributed by atoms with Crippen LogP contribution < -0.4 is 4.90 Å². The minimum Gasteiger partial charge on any atom is -0.324 e. The molecule has 0 aromatic carbocycles. The second kappa shape index (κ2) is 4.42. The zero-order valence-corrected chi connectivity index (χ0v) is 8.90. The van der Waals surface area contributed by atoms with Gasteiger partial charge in [-0.25, -0.2) is 0 Å². The number of aryl methyl sites for hydroxylation is 1. The maximum atomic E-state index is 11.1. The maximum absolute atomic E-state index is 11.1. The van der Waals surface area contributed by atoms with E-state index >= 15 is 0 Å². The van der Waals surface area contributed by atoms with E-state index in [0.717, 1.165) is 18.7 Å². The molecular formula is C10H15N3O2. The van der Waals surface area contributed by atoms with Crippen molar-refractivity contribution in [1.82, 2.24) is 10.1 Å². The van der Waals surface area contributed by atoms with Crippen LogP contribution in [0.25, 0.3) is 0 Å². The fourth-order valence-corrected chi connectivity index (χ4v) is 1.65. The first-order valence-electron chi connectivity index (χ1n) is 5.39. The number of aromatic nitrogens is 2. The summed E-state index contributed by atoms with van der Waals surface area (Å²) in [7, 11) is 0. The van der Waals surface area contributed by atoms with Crippen LogP contribution in [0.4, 0.5) is 6.01 Å². The number of carbonyl (C=O) groups is 1. The molecule has 0 N–H and O–H groups in total. The van der Waals surface area contributed by atoms with Crippen LogP contribution in [0.15, 0.2) is 4.52 Å². The third-order valence-electron chi connectivity index (χ3n) is 2.52. The smallest absolute Gasteiger partial charge is 0.324 e. The summed E-state index contributed by atoms with van der Waals surface area (Å²) in [6.07, 6.45) is 3.03. The Kier molecular flexibility index (Phi) is 2.99. The van der Waals surface area contributed by atoms with Crippen LogP contribution in [0.1, 0.15) is 32.0 Å². The van der Waals surface area contributed by atoms with E-state index in [1.54, 1.807) is 0 Å². The number of anilines is 1. The molecule has 5 heteroatoms. The molecule has 82 valence electrons. The SMILES string of the molecule is CCCc1noc(N2CCC(=O)CC2)n1. The molecule has 0 atom stereocenters. The maximum Gasteiger partial charge on any atom is 0.324 e. The minimum absolute atomic E-state index is 0.319. The number of hydrogen-bond acceptors (Lipinski definition) is 5. The van der Waals surface area contributed by atoms with E-state index < -0.39 is 0 Å². The summed E-state index contributed by atoms with van der Waals surface area (Å²) in [4.78, 5) is 17.3. The van der Waals surface area contributed by atoms with Gasteiger partial charge in [-0.2, -0.15) is 4.98 Å². The lowest BCUT2D eigenvalue weighted by molar-refractivity contribution is -0.119. The third-order valence-corrected chi connectivity index (χ3v) is 2.52. The first kappa shape index (κ1) is 10.1. The van der Waals surface area contributed by atoms with Gasteiger partial charge in [-0.3, -0.25) is 4.79 Å². The second-order valence-corrected chi connectivity index (χ2v) is 3.77. The van der Waals surface area contributed by atoms with Crippen molar-refractivity contribution in [1.29, 1.82) is 0 Å². The normalized spacial score (nSPS) is 17.1. The number of Topliss-reactive ketones (excluding diaryl/α,β-unsaturated/α-hetero) is 1. The highest BCUT2D eigenvalue weighted by Crippen LogP contribution is 2.16. The number of piperidine rings is 1. The highest BCUT2D eigenvalue weighted by Gasteiger charge is 2.20. The van der Waals surface area contributed by atoms with Crippen molar-refractivity contribution in [2.75, 3.05) is 18.0 Å². The zero-order valence-electron chi connectivity index (χ0n) is 8.90. The highest BCUT2D eigenvalue weighted by molar-refractivity contribution is 5.80. The molecule has 0 saturated carbocycles. The van der Waals surface area contributed by atoms with Crippen molar-refractivity contribution in [3.63, 3.8) is 0 Å². The summed E-state index contributed by atoms with van der Waals surface area (Å²) in [5, 5.41) is 3.89. The van der Waals surface area contributed by atoms with E-state index in [1.165, 1.54) is 0 Å². The van der Waals surface area contributed by atoms with Gasteiger partial charge in [0.2, 0.25) is 0 Å². The number of ketones is 1. The largest absolute Gasteiger partial charge is 0.324 e. The summed E-state index contributed by atoms with van der Waals surface area (Å²) < 4.78 is 5.15. The van der Waals surface area contributed by atoms with Crippen molar-refractivity contribution < 1.29 is 9.32 Å². The molecule has 2 heterocycles. The minimum atomic E-state index is 0.319. The van der Waals surface area contributed by atoms with Gasteiger partial charge in [0.1, 0.15) is 5.78 Å². The summed E-state index contributed by atoms with van der Waals surface area (Å²) in [6, 6.07) is 0.561. The molecule has 1 fully saturated rings. The molecule has 5 nitrogen and oxygen atoms in total. The molecule has 1 aromatic heterocycles. The van der Waals surface area contributed by atoms with E-state index in [4.69, 9.17) is 4.52 Å². The van der Waals surface area contributed by atoms with Crippen LogP contribution in [-0.2, 0) is 11.2 Å². The Morgan fingerprint density at radius 2 is 2.13 bits per heavy atom. The van der Waals surface area contributed by atoms with Crippen LogP contribution in [0, 0.1) is 0 Å². The van der Waals surface area contributed by atoms with Crippen LogP contribution in [0.2, 0.25) is 0 Å². The first-order chi connectivity index (χ1) is 7.29. The van der Waals surface area contributed by atoms with Gasteiger partial charge in [0, 0.05) is 32.4 Å². The van der Waals surface area contributed by atoms with Crippen LogP contribution in [-0.4, -0.2) is 29.0 Å². The van der Waals surface area contributed by atoms with Crippen molar-refractivity contribution in [2.45, 2.75) is 32.6 Å². The van der Waals surface area contributed by atoms with Crippen molar-refractivity contribution in [3.8, 4) is 0 Å². The molecule has 1 aliphatic rings. The Balaban J connectivity index is 1.99. The average Bonchev–Trinajstić information content (AvgIpc) is 2.68. The van der Waals surface area contributed by atoms with E-state index in [9.17, 15) is 4.79 Å². The zero-order chi connectivity index (χ0) is 10.7. The summed E-state index contributed by atoms with van der Waals surface area (Å²) >= 11 is 0. The molecule has 0 spiro atoms. The van der Waals surface area contributed by atoms with Gasteiger partial charge in [0.05, 0.1) is 0 Å². The standard InChI is InChI=1S/C10H15N3O2/c1-2-3-9-11-10(15-12-9)13-6-4-8(14)5-7-13/h2-7H2,1H3. The lowest BCUT2D eigenvalue weighted by atomic mass is 10.1. The second-order valence-electron chi connectivity index (χ2n) is 3.77. The van der Waals surface area contributed by atoms with Crippen LogP contribution in [0.5, 0.6) is 0 Å². The third kappa shape index (κ3) is 2.34. The molecule has 1 aromatic rings. The molecule has 0 aliphatic carbocycles. The van der Waals surface area contributed by atoms with E-state index in [0.29, 0.717) is 37.7 Å². The molecule has 0 radical (unpaired) electrons. The predicted octanol–water partition coefficient (Wildman–Crippen LogP) is 1.19. The Morgan fingerprint density at radius 1 is 1.40 bits per heavy atom.